The molecule has 1 saturated heterocycles. The van der Waals surface area contributed by atoms with Gasteiger partial charge < -0.3 is 9.64 Å². The maximum Gasteiger partial charge on any atom is 0.260 e. The van der Waals surface area contributed by atoms with Gasteiger partial charge in [-0.1, -0.05) is 23.7 Å². The fourth-order valence-corrected chi connectivity index (χ4v) is 3.27. The van der Waals surface area contributed by atoms with Crippen LogP contribution in [0.4, 0.5) is 4.39 Å². The number of piperazine rings is 1. The van der Waals surface area contributed by atoms with Gasteiger partial charge in [-0.25, -0.2) is 4.39 Å². The van der Waals surface area contributed by atoms with Gasteiger partial charge in [0.15, 0.2) is 12.4 Å². The molecule has 0 spiro atoms. The highest BCUT2D eigenvalue weighted by atomic mass is 35.5. The second-order valence-corrected chi connectivity index (χ2v) is 7.21. The lowest BCUT2D eigenvalue weighted by Gasteiger charge is -2.34. The third-order valence-corrected chi connectivity index (χ3v) is 4.97. The molecular weight excluding hydrogens is 383 g/mol. The van der Waals surface area contributed by atoms with Crippen molar-refractivity contribution < 1.29 is 18.7 Å². The first-order chi connectivity index (χ1) is 13.4. The maximum absolute atomic E-state index is 13.4. The van der Waals surface area contributed by atoms with E-state index in [1.54, 1.807) is 4.90 Å². The summed E-state index contributed by atoms with van der Waals surface area (Å²) in [5.74, 6) is -0.825. The number of hydrogen-bond acceptors (Lipinski definition) is 4. The van der Waals surface area contributed by atoms with Crippen LogP contribution in [0.5, 0.6) is 5.75 Å². The van der Waals surface area contributed by atoms with Gasteiger partial charge in [0, 0.05) is 43.8 Å². The molecule has 0 atom stereocenters. The SMILES string of the molecule is CC(=O)c1ccc(F)cc1OCC(=O)N1CCN(Cc2ccc(Cl)cc2)CC1. The van der Waals surface area contributed by atoms with Crippen molar-refractivity contribution in [3.8, 4) is 5.75 Å². The minimum absolute atomic E-state index is 0.0993. The Balaban J connectivity index is 1.50. The summed E-state index contributed by atoms with van der Waals surface area (Å²) in [6.07, 6.45) is 0. The molecule has 1 aliphatic rings. The minimum atomic E-state index is -0.511. The second kappa shape index (κ2) is 9.17. The molecule has 1 fully saturated rings. The molecular formula is C21H22ClFN2O3. The summed E-state index contributed by atoms with van der Waals surface area (Å²) in [6.45, 7) is 4.67. The monoisotopic (exact) mass is 404 g/mol. The molecule has 0 N–H and O–H groups in total. The van der Waals surface area contributed by atoms with Crippen LogP contribution in [-0.2, 0) is 11.3 Å². The highest BCUT2D eigenvalue weighted by molar-refractivity contribution is 6.30. The van der Waals surface area contributed by atoms with Crippen molar-refractivity contribution in [2.75, 3.05) is 32.8 Å². The number of Topliss-reactive ketones (excluding diaryl/α,β-unsaturated/α-hetero) is 1. The molecule has 1 aliphatic heterocycles. The highest BCUT2D eigenvalue weighted by Crippen LogP contribution is 2.21. The Morgan fingerprint density at radius 2 is 1.75 bits per heavy atom. The summed E-state index contributed by atoms with van der Waals surface area (Å²) in [6, 6.07) is 11.4. The van der Waals surface area contributed by atoms with Gasteiger partial charge in [-0.15, -0.1) is 0 Å². The number of carbonyl (C=O) groups excluding carboxylic acids is 2. The van der Waals surface area contributed by atoms with E-state index < -0.39 is 5.82 Å². The number of hydrogen-bond donors (Lipinski definition) is 0. The molecule has 28 heavy (non-hydrogen) atoms. The average molecular weight is 405 g/mol. The lowest BCUT2D eigenvalue weighted by atomic mass is 10.1. The van der Waals surface area contributed by atoms with Gasteiger partial charge in [0.1, 0.15) is 11.6 Å². The number of nitrogens with zero attached hydrogens (tertiary/aromatic N) is 2. The molecule has 7 heteroatoms. The fourth-order valence-electron chi connectivity index (χ4n) is 3.14. The van der Waals surface area contributed by atoms with Gasteiger partial charge >= 0.3 is 0 Å². The third kappa shape index (κ3) is 5.30. The number of benzene rings is 2. The summed E-state index contributed by atoms with van der Waals surface area (Å²) in [4.78, 5) is 28.0. The normalized spacial score (nSPS) is 14.8. The standard InChI is InChI=1S/C21H22ClFN2O3/c1-15(26)19-7-6-18(23)12-20(19)28-14-21(27)25-10-8-24(9-11-25)13-16-2-4-17(22)5-3-16/h2-7,12H,8-11,13-14H2,1H3. The van der Waals surface area contributed by atoms with E-state index in [0.29, 0.717) is 18.1 Å². The maximum atomic E-state index is 13.4. The smallest absolute Gasteiger partial charge is 0.260 e. The van der Waals surface area contributed by atoms with Crippen molar-refractivity contribution in [3.63, 3.8) is 0 Å². The second-order valence-electron chi connectivity index (χ2n) is 6.77. The van der Waals surface area contributed by atoms with Crippen LogP contribution in [0.3, 0.4) is 0 Å². The summed E-state index contributed by atoms with van der Waals surface area (Å²) < 4.78 is 18.9. The van der Waals surface area contributed by atoms with Crippen molar-refractivity contribution in [3.05, 3.63) is 64.4 Å². The molecule has 0 unspecified atom stereocenters. The predicted octanol–water partition coefficient (Wildman–Crippen LogP) is 3.40. The van der Waals surface area contributed by atoms with Crippen LogP contribution in [-0.4, -0.2) is 54.3 Å². The van der Waals surface area contributed by atoms with E-state index in [2.05, 4.69) is 4.90 Å². The van der Waals surface area contributed by atoms with E-state index in [4.69, 9.17) is 16.3 Å². The van der Waals surface area contributed by atoms with Gasteiger partial charge in [0.2, 0.25) is 0 Å². The van der Waals surface area contributed by atoms with Crippen LogP contribution in [0.25, 0.3) is 0 Å². The van der Waals surface area contributed by atoms with Crippen molar-refractivity contribution >= 4 is 23.3 Å². The van der Waals surface area contributed by atoms with Crippen LogP contribution >= 0.6 is 11.6 Å². The molecule has 0 bridgehead atoms. The molecule has 1 heterocycles. The summed E-state index contributed by atoms with van der Waals surface area (Å²) in [5, 5.41) is 0.713. The first-order valence-electron chi connectivity index (χ1n) is 9.10. The molecule has 0 aliphatic carbocycles. The Bertz CT molecular complexity index is 849. The predicted molar refractivity (Wildman–Crippen MR) is 105 cm³/mol. The van der Waals surface area contributed by atoms with Crippen LogP contribution in [0.15, 0.2) is 42.5 Å². The molecule has 0 saturated carbocycles. The first-order valence-corrected chi connectivity index (χ1v) is 9.48. The summed E-state index contributed by atoms with van der Waals surface area (Å²) in [7, 11) is 0. The third-order valence-electron chi connectivity index (χ3n) is 4.72. The summed E-state index contributed by atoms with van der Waals surface area (Å²) >= 11 is 5.91. The van der Waals surface area contributed by atoms with Crippen molar-refractivity contribution in [1.29, 1.82) is 0 Å². The topological polar surface area (TPSA) is 49.9 Å². The Morgan fingerprint density at radius 3 is 2.39 bits per heavy atom. The molecule has 2 aromatic rings. The highest BCUT2D eigenvalue weighted by Gasteiger charge is 2.22. The Labute approximate surface area is 168 Å². The Hall–Kier alpha value is -2.44. The van der Waals surface area contributed by atoms with E-state index in [9.17, 15) is 14.0 Å². The van der Waals surface area contributed by atoms with Gasteiger partial charge in [-0.2, -0.15) is 0 Å². The van der Waals surface area contributed by atoms with Crippen molar-refractivity contribution in [2.45, 2.75) is 13.5 Å². The number of ether oxygens (including phenoxy) is 1. The molecule has 0 aromatic heterocycles. The van der Waals surface area contributed by atoms with Crippen LogP contribution in [0.2, 0.25) is 5.02 Å². The number of halogens is 2. The van der Waals surface area contributed by atoms with E-state index in [1.807, 2.05) is 24.3 Å². The Kier molecular flexibility index (Phi) is 6.65. The number of ketones is 1. The van der Waals surface area contributed by atoms with Crippen LogP contribution in [0.1, 0.15) is 22.8 Å². The number of rotatable bonds is 6. The zero-order chi connectivity index (χ0) is 20.1. The van der Waals surface area contributed by atoms with Gasteiger partial charge in [0.05, 0.1) is 5.56 Å². The lowest BCUT2D eigenvalue weighted by Crippen LogP contribution is -2.49. The fraction of sp³-hybridized carbons (Fsp3) is 0.333. The van der Waals surface area contributed by atoms with Crippen molar-refractivity contribution in [1.82, 2.24) is 9.80 Å². The molecule has 5 nitrogen and oxygen atoms in total. The average Bonchev–Trinajstić information content (AvgIpc) is 2.68. The van der Waals surface area contributed by atoms with Gasteiger partial charge in [-0.3, -0.25) is 14.5 Å². The number of carbonyl (C=O) groups is 2. The van der Waals surface area contributed by atoms with Gasteiger partial charge in [0.25, 0.3) is 5.91 Å². The minimum Gasteiger partial charge on any atom is -0.483 e. The van der Waals surface area contributed by atoms with E-state index in [0.717, 1.165) is 25.7 Å². The van der Waals surface area contributed by atoms with E-state index >= 15 is 0 Å². The van der Waals surface area contributed by atoms with Crippen LogP contribution < -0.4 is 4.74 Å². The molecule has 3 rings (SSSR count). The summed E-state index contributed by atoms with van der Waals surface area (Å²) in [5.41, 5.74) is 1.44. The zero-order valence-electron chi connectivity index (χ0n) is 15.7. The van der Waals surface area contributed by atoms with Gasteiger partial charge in [-0.05, 0) is 36.8 Å². The van der Waals surface area contributed by atoms with Crippen LogP contribution in [0, 0.1) is 5.82 Å². The zero-order valence-corrected chi connectivity index (χ0v) is 16.4. The first kappa shape index (κ1) is 20.3. The Morgan fingerprint density at radius 1 is 1.07 bits per heavy atom. The molecule has 0 radical (unpaired) electrons. The molecule has 2 aromatic carbocycles. The van der Waals surface area contributed by atoms with Crippen molar-refractivity contribution in [2.24, 2.45) is 0 Å². The lowest BCUT2D eigenvalue weighted by molar-refractivity contribution is -0.135. The number of amides is 1. The van der Waals surface area contributed by atoms with E-state index in [-0.39, 0.29) is 29.6 Å². The largest absolute Gasteiger partial charge is 0.483 e. The van der Waals surface area contributed by atoms with E-state index in [1.165, 1.54) is 24.6 Å². The molecule has 148 valence electrons. The molecule has 1 amide bonds. The quantitative estimate of drug-likeness (QED) is 0.692.